The van der Waals surface area contributed by atoms with Gasteiger partial charge in [-0.3, -0.25) is 10.2 Å². The van der Waals surface area contributed by atoms with Gasteiger partial charge in [-0.15, -0.1) is 23.1 Å². The van der Waals surface area contributed by atoms with Crippen molar-refractivity contribution >= 4 is 52.0 Å². The lowest BCUT2D eigenvalue weighted by molar-refractivity contribution is 0.0720. The highest BCUT2D eigenvalue weighted by molar-refractivity contribution is 7.98. The Kier molecular flexibility index (Phi) is 6.80. The maximum Gasteiger partial charge on any atom is 0.172 e. The van der Waals surface area contributed by atoms with Crippen LogP contribution in [0.2, 0.25) is 4.34 Å². The van der Waals surface area contributed by atoms with Crippen molar-refractivity contribution in [3.05, 3.63) is 50.7 Å². The van der Waals surface area contributed by atoms with E-state index < -0.39 is 0 Å². The van der Waals surface area contributed by atoms with Crippen LogP contribution >= 0.6 is 34.7 Å². The number of oxime groups is 1. The number of rotatable bonds is 7. The summed E-state index contributed by atoms with van der Waals surface area (Å²) in [7, 11) is 0. The molecule has 1 N–H and O–H groups in total. The second kappa shape index (κ2) is 9.54. The van der Waals surface area contributed by atoms with E-state index in [2.05, 4.69) is 22.2 Å². The van der Waals surface area contributed by atoms with E-state index in [9.17, 15) is 4.79 Å². The lowest BCUT2D eigenvalue weighted by Gasteiger charge is -2.19. The number of hydrogen-bond donors (Lipinski definition) is 1. The first-order valence-corrected chi connectivity index (χ1v) is 12.5. The van der Waals surface area contributed by atoms with Crippen LogP contribution in [0.15, 0.2) is 40.4 Å². The van der Waals surface area contributed by atoms with Crippen LogP contribution in [0.4, 0.5) is 0 Å². The number of benzene rings is 1. The first-order chi connectivity index (χ1) is 14.5. The summed E-state index contributed by atoms with van der Waals surface area (Å²) >= 11 is 8.89. The fourth-order valence-corrected chi connectivity index (χ4v) is 5.48. The van der Waals surface area contributed by atoms with Gasteiger partial charge in [0.05, 0.1) is 14.9 Å². The Labute approximate surface area is 189 Å². The Hall–Kier alpha value is -1.83. The summed E-state index contributed by atoms with van der Waals surface area (Å²) in [5.41, 5.74) is 2.91. The number of amidine groups is 1. The quantitative estimate of drug-likeness (QED) is 0.248. The van der Waals surface area contributed by atoms with Gasteiger partial charge in [0.1, 0.15) is 11.9 Å². The van der Waals surface area contributed by atoms with Gasteiger partial charge in [0.15, 0.2) is 5.78 Å². The van der Waals surface area contributed by atoms with E-state index in [1.807, 2.05) is 12.3 Å². The zero-order valence-electron chi connectivity index (χ0n) is 16.8. The Morgan fingerprint density at radius 3 is 2.83 bits per heavy atom. The van der Waals surface area contributed by atoms with Crippen LogP contribution < -0.4 is 0 Å². The smallest absolute Gasteiger partial charge is 0.172 e. The van der Waals surface area contributed by atoms with Crippen LogP contribution in [0.3, 0.4) is 0 Å². The molecule has 30 heavy (non-hydrogen) atoms. The third-order valence-electron chi connectivity index (χ3n) is 5.48. The second-order valence-electron chi connectivity index (χ2n) is 7.49. The van der Waals surface area contributed by atoms with E-state index in [1.165, 1.54) is 11.3 Å². The van der Waals surface area contributed by atoms with E-state index in [4.69, 9.17) is 21.8 Å². The molecule has 0 bridgehead atoms. The van der Waals surface area contributed by atoms with Gasteiger partial charge in [0.2, 0.25) is 0 Å². The molecule has 5 nitrogen and oxygen atoms in total. The minimum absolute atomic E-state index is 0.0864. The number of thiophene rings is 1. The first-order valence-electron chi connectivity index (χ1n) is 10.1. The zero-order chi connectivity index (χ0) is 21.1. The second-order valence-corrected chi connectivity index (χ2v) is 10.1. The number of halogens is 1. The molecule has 2 aromatic rings. The van der Waals surface area contributed by atoms with Gasteiger partial charge in [-0.05, 0) is 43.7 Å². The molecule has 2 aliphatic heterocycles. The molecule has 0 aliphatic carbocycles. The van der Waals surface area contributed by atoms with Crippen molar-refractivity contribution < 1.29 is 9.63 Å². The molecule has 1 aromatic carbocycles. The normalized spacial score (nSPS) is 18.4. The maximum atomic E-state index is 12.3. The third kappa shape index (κ3) is 4.74. The molecule has 1 saturated heterocycles. The number of carbonyl (C=O) groups excluding carboxylic acids is 1. The molecule has 0 amide bonds. The zero-order valence-corrected chi connectivity index (χ0v) is 19.2. The molecule has 1 atom stereocenters. The summed E-state index contributed by atoms with van der Waals surface area (Å²) in [5, 5.41) is 12.8. The SMILES string of the molecule is CSc1cc(C(=N)N2CCCC2)ccc1C1=NOC(CCC(=O)c2ccc(Cl)s2)C1. The van der Waals surface area contributed by atoms with Gasteiger partial charge in [-0.25, -0.2) is 0 Å². The molecule has 4 rings (SSSR count). The molecule has 0 radical (unpaired) electrons. The average molecular weight is 462 g/mol. The monoisotopic (exact) mass is 461 g/mol. The molecule has 2 aliphatic rings. The van der Waals surface area contributed by atoms with E-state index in [0.717, 1.165) is 47.7 Å². The van der Waals surface area contributed by atoms with Crippen molar-refractivity contribution in [1.82, 2.24) is 4.90 Å². The van der Waals surface area contributed by atoms with Gasteiger partial charge in [-0.2, -0.15) is 0 Å². The lowest BCUT2D eigenvalue weighted by Crippen LogP contribution is -2.27. The number of nitrogens with zero attached hydrogens (tertiary/aromatic N) is 2. The summed E-state index contributed by atoms with van der Waals surface area (Å²) < 4.78 is 0.631. The Bertz CT molecular complexity index is 983. The summed E-state index contributed by atoms with van der Waals surface area (Å²) in [6, 6.07) is 9.67. The van der Waals surface area contributed by atoms with Gasteiger partial charge in [0.25, 0.3) is 0 Å². The molecule has 3 heterocycles. The number of ketones is 1. The minimum Gasteiger partial charge on any atom is -0.392 e. The van der Waals surface area contributed by atoms with Crippen molar-refractivity contribution in [2.75, 3.05) is 19.3 Å². The van der Waals surface area contributed by atoms with Gasteiger partial charge < -0.3 is 9.74 Å². The highest BCUT2D eigenvalue weighted by Gasteiger charge is 2.26. The summed E-state index contributed by atoms with van der Waals surface area (Å²) in [4.78, 5) is 21.9. The van der Waals surface area contributed by atoms with E-state index in [-0.39, 0.29) is 11.9 Å². The van der Waals surface area contributed by atoms with Crippen LogP contribution in [0, 0.1) is 5.41 Å². The summed E-state index contributed by atoms with van der Waals surface area (Å²) in [6.07, 6.45) is 6.02. The number of Topliss-reactive ketones (excluding diaryl/α,β-unsaturated/α-hetero) is 1. The predicted molar refractivity (Wildman–Crippen MR) is 125 cm³/mol. The van der Waals surface area contributed by atoms with E-state index in [1.54, 1.807) is 23.9 Å². The van der Waals surface area contributed by atoms with E-state index >= 15 is 0 Å². The van der Waals surface area contributed by atoms with Gasteiger partial charge >= 0.3 is 0 Å². The summed E-state index contributed by atoms with van der Waals surface area (Å²) in [5.74, 6) is 0.697. The largest absolute Gasteiger partial charge is 0.392 e. The standard InChI is InChI=1S/C22H24ClN3O2S2/c1-29-20-12-14(22(24)26-10-2-3-11-26)4-6-16(20)17-13-15(28-25-17)5-7-18(27)19-8-9-21(23)30-19/h4,6,8-9,12,15,24H,2-3,5,7,10-11,13H2,1H3. The molecule has 8 heteroatoms. The van der Waals surface area contributed by atoms with Crippen LogP contribution in [0.1, 0.15) is 52.9 Å². The highest BCUT2D eigenvalue weighted by Crippen LogP contribution is 2.29. The van der Waals surface area contributed by atoms with Crippen molar-refractivity contribution in [2.24, 2.45) is 5.16 Å². The third-order valence-corrected chi connectivity index (χ3v) is 7.53. The minimum atomic E-state index is -0.0864. The van der Waals surface area contributed by atoms with Crippen molar-refractivity contribution in [2.45, 2.75) is 43.1 Å². The molecular weight excluding hydrogens is 438 g/mol. The Morgan fingerprint density at radius 1 is 1.33 bits per heavy atom. The average Bonchev–Trinajstić information content (AvgIpc) is 3.52. The highest BCUT2D eigenvalue weighted by atomic mass is 35.5. The molecule has 1 fully saturated rings. The molecule has 1 aromatic heterocycles. The fraction of sp³-hybridized carbons (Fsp3) is 0.409. The number of carbonyl (C=O) groups is 1. The number of likely N-dealkylation sites (tertiary alicyclic amines) is 1. The van der Waals surface area contributed by atoms with Crippen LogP contribution in [0.25, 0.3) is 0 Å². The molecule has 1 unspecified atom stereocenters. The first kappa shape index (κ1) is 21.4. The van der Waals surface area contributed by atoms with Crippen molar-refractivity contribution in [1.29, 1.82) is 5.41 Å². The van der Waals surface area contributed by atoms with Gasteiger partial charge in [-0.1, -0.05) is 28.9 Å². The fourth-order valence-electron chi connectivity index (χ4n) is 3.82. The maximum absolute atomic E-state index is 12.3. The van der Waals surface area contributed by atoms with E-state index in [0.29, 0.717) is 34.3 Å². The Balaban J connectivity index is 1.38. The van der Waals surface area contributed by atoms with Crippen LogP contribution in [0.5, 0.6) is 0 Å². The van der Waals surface area contributed by atoms with Crippen LogP contribution in [-0.4, -0.2) is 47.7 Å². The summed E-state index contributed by atoms with van der Waals surface area (Å²) in [6.45, 7) is 1.93. The predicted octanol–water partition coefficient (Wildman–Crippen LogP) is 5.70. The molecular formula is C22H24ClN3O2S2. The molecule has 0 saturated carbocycles. The molecule has 0 spiro atoms. The molecule has 158 valence electrons. The number of thioether (sulfide) groups is 1. The van der Waals surface area contributed by atoms with Crippen LogP contribution in [-0.2, 0) is 4.84 Å². The Morgan fingerprint density at radius 2 is 2.13 bits per heavy atom. The number of hydrogen-bond acceptors (Lipinski definition) is 6. The number of nitrogens with one attached hydrogen (secondary N) is 1. The van der Waals surface area contributed by atoms with Crippen molar-refractivity contribution in [3.8, 4) is 0 Å². The topological polar surface area (TPSA) is 65.8 Å². The van der Waals surface area contributed by atoms with Crippen molar-refractivity contribution in [3.63, 3.8) is 0 Å². The lowest BCUT2D eigenvalue weighted by atomic mass is 10.00. The van der Waals surface area contributed by atoms with Gasteiger partial charge in [0, 0.05) is 42.0 Å².